The van der Waals surface area contributed by atoms with Crippen molar-refractivity contribution in [1.82, 2.24) is 0 Å². The third-order valence-electron chi connectivity index (χ3n) is 3.98. The van der Waals surface area contributed by atoms with Gasteiger partial charge in [0.2, 0.25) is 0 Å². The summed E-state index contributed by atoms with van der Waals surface area (Å²) in [6, 6.07) is 14.8. The van der Waals surface area contributed by atoms with E-state index in [1.165, 1.54) is 5.69 Å². The summed E-state index contributed by atoms with van der Waals surface area (Å²) in [5.41, 5.74) is 1.93. The first-order valence-electron chi connectivity index (χ1n) is 6.71. The van der Waals surface area contributed by atoms with Gasteiger partial charge in [-0.05, 0) is 25.0 Å². The molecular formula is C17H20N2. The summed E-state index contributed by atoms with van der Waals surface area (Å²) in [6.07, 6.45) is 0. The molecule has 0 aliphatic heterocycles. The zero-order chi connectivity index (χ0) is 14.0. The Kier molecular flexibility index (Phi) is 3.76. The van der Waals surface area contributed by atoms with Gasteiger partial charge in [-0.15, -0.1) is 0 Å². The highest BCUT2D eigenvalue weighted by Gasteiger charge is 2.16. The van der Waals surface area contributed by atoms with Crippen molar-refractivity contribution in [3.63, 3.8) is 0 Å². The molecule has 0 amide bonds. The molecule has 0 bridgehead atoms. The van der Waals surface area contributed by atoms with Crippen LogP contribution >= 0.6 is 0 Å². The van der Waals surface area contributed by atoms with E-state index in [1.807, 2.05) is 24.3 Å². The molecule has 98 valence electrons. The lowest BCUT2D eigenvalue weighted by Gasteiger charge is -2.31. The molecule has 0 N–H and O–H groups in total. The third-order valence-corrected chi connectivity index (χ3v) is 3.98. The molecule has 0 radical (unpaired) electrons. The maximum absolute atomic E-state index is 9.20. The minimum absolute atomic E-state index is 0.455. The van der Waals surface area contributed by atoms with Crippen LogP contribution in [0.1, 0.15) is 26.3 Å². The Morgan fingerprint density at radius 3 is 2.21 bits per heavy atom. The molecule has 0 fully saturated rings. The van der Waals surface area contributed by atoms with Gasteiger partial charge in [0, 0.05) is 29.5 Å². The number of benzene rings is 2. The van der Waals surface area contributed by atoms with Gasteiger partial charge in [0.05, 0.1) is 11.6 Å². The van der Waals surface area contributed by atoms with Crippen LogP contribution in [0.4, 0.5) is 5.69 Å². The first kappa shape index (κ1) is 13.4. The van der Waals surface area contributed by atoms with Crippen LogP contribution < -0.4 is 4.90 Å². The average molecular weight is 252 g/mol. The molecule has 0 aliphatic carbocycles. The predicted molar refractivity (Wildman–Crippen MR) is 81.4 cm³/mol. The van der Waals surface area contributed by atoms with E-state index >= 15 is 0 Å². The van der Waals surface area contributed by atoms with E-state index in [4.69, 9.17) is 0 Å². The zero-order valence-corrected chi connectivity index (χ0v) is 12.0. The van der Waals surface area contributed by atoms with Gasteiger partial charge >= 0.3 is 0 Å². The van der Waals surface area contributed by atoms with Crippen LogP contribution in [0.25, 0.3) is 10.8 Å². The molecular weight excluding hydrogens is 232 g/mol. The van der Waals surface area contributed by atoms with Crippen LogP contribution in [0.2, 0.25) is 0 Å². The van der Waals surface area contributed by atoms with Crippen LogP contribution in [0, 0.1) is 17.2 Å². The fourth-order valence-electron chi connectivity index (χ4n) is 2.35. The summed E-state index contributed by atoms with van der Waals surface area (Å²) in [6.45, 7) is 6.69. The summed E-state index contributed by atoms with van der Waals surface area (Å²) in [7, 11) is 2.12. The van der Waals surface area contributed by atoms with E-state index in [1.54, 1.807) is 0 Å². The molecule has 19 heavy (non-hydrogen) atoms. The number of fused-ring (bicyclic) bond motifs is 1. The van der Waals surface area contributed by atoms with Crippen LogP contribution in [0.15, 0.2) is 36.4 Å². The van der Waals surface area contributed by atoms with Gasteiger partial charge in [-0.2, -0.15) is 5.26 Å². The molecule has 2 aromatic rings. The molecule has 1 atom stereocenters. The first-order valence-corrected chi connectivity index (χ1v) is 6.71. The minimum Gasteiger partial charge on any atom is -0.371 e. The lowest BCUT2D eigenvalue weighted by Crippen LogP contribution is -2.33. The lowest BCUT2D eigenvalue weighted by atomic mass is 10.00. The van der Waals surface area contributed by atoms with Gasteiger partial charge in [-0.3, -0.25) is 0 Å². The molecule has 0 aliphatic rings. The number of anilines is 1. The molecule has 2 nitrogen and oxygen atoms in total. The molecule has 0 spiro atoms. The number of hydrogen-bond acceptors (Lipinski definition) is 2. The normalized spacial score (nSPS) is 12.4. The Labute approximate surface area is 115 Å². The second-order valence-electron chi connectivity index (χ2n) is 5.39. The van der Waals surface area contributed by atoms with Gasteiger partial charge in [-0.25, -0.2) is 0 Å². The van der Waals surface area contributed by atoms with Crippen molar-refractivity contribution >= 4 is 16.5 Å². The second-order valence-corrected chi connectivity index (χ2v) is 5.39. The quantitative estimate of drug-likeness (QED) is 0.819. The summed E-state index contributed by atoms with van der Waals surface area (Å²) in [5.74, 6) is 0.583. The van der Waals surface area contributed by atoms with E-state index in [2.05, 4.69) is 50.9 Å². The van der Waals surface area contributed by atoms with Gasteiger partial charge in [0.15, 0.2) is 0 Å². The van der Waals surface area contributed by atoms with Crippen molar-refractivity contribution in [3.8, 4) is 6.07 Å². The highest BCUT2D eigenvalue weighted by Crippen LogP contribution is 2.30. The van der Waals surface area contributed by atoms with E-state index < -0.39 is 0 Å². The van der Waals surface area contributed by atoms with Gasteiger partial charge in [0.1, 0.15) is 0 Å². The van der Waals surface area contributed by atoms with Crippen LogP contribution in [0.3, 0.4) is 0 Å². The van der Waals surface area contributed by atoms with E-state index in [9.17, 15) is 5.26 Å². The monoisotopic (exact) mass is 252 g/mol. The minimum atomic E-state index is 0.455. The Morgan fingerprint density at radius 2 is 1.63 bits per heavy atom. The van der Waals surface area contributed by atoms with E-state index in [-0.39, 0.29) is 0 Å². The topological polar surface area (TPSA) is 27.0 Å². The number of rotatable bonds is 3. The fraction of sp³-hybridized carbons (Fsp3) is 0.353. The Bertz CT molecular complexity index is 623. The number of hydrogen-bond donors (Lipinski definition) is 0. The standard InChI is InChI=1S/C17H20N2/c1-12(2)13(3)19(4)17-10-9-14(11-18)15-7-5-6-8-16(15)17/h5-10,12-13H,1-4H3. The second kappa shape index (κ2) is 5.32. The molecule has 2 heteroatoms. The van der Waals surface area contributed by atoms with Crippen molar-refractivity contribution < 1.29 is 0 Å². The van der Waals surface area contributed by atoms with Crippen LogP contribution in [0.5, 0.6) is 0 Å². The molecule has 2 rings (SSSR count). The molecule has 0 heterocycles. The van der Waals surface area contributed by atoms with Gasteiger partial charge in [0.25, 0.3) is 0 Å². The fourth-order valence-corrected chi connectivity index (χ4v) is 2.35. The van der Waals surface area contributed by atoms with Crippen molar-refractivity contribution in [2.75, 3.05) is 11.9 Å². The maximum atomic E-state index is 9.20. The van der Waals surface area contributed by atoms with E-state index in [0.29, 0.717) is 12.0 Å². The van der Waals surface area contributed by atoms with Crippen LogP contribution in [-0.2, 0) is 0 Å². The summed E-state index contributed by atoms with van der Waals surface area (Å²) < 4.78 is 0. The van der Waals surface area contributed by atoms with Crippen molar-refractivity contribution in [1.29, 1.82) is 5.26 Å². The molecule has 0 saturated carbocycles. The van der Waals surface area contributed by atoms with Crippen molar-refractivity contribution in [2.24, 2.45) is 5.92 Å². The van der Waals surface area contributed by atoms with Gasteiger partial charge < -0.3 is 4.90 Å². The summed E-state index contributed by atoms with van der Waals surface area (Å²) >= 11 is 0. The highest BCUT2D eigenvalue weighted by molar-refractivity contribution is 5.97. The highest BCUT2D eigenvalue weighted by atomic mass is 15.1. The largest absolute Gasteiger partial charge is 0.371 e. The number of nitrogens with zero attached hydrogens (tertiary/aromatic N) is 2. The van der Waals surface area contributed by atoms with E-state index in [0.717, 1.165) is 16.3 Å². The zero-order valence-electron chi connectivity index (χ0n) is 12.0. The van der Waals surface area contributed by atoms with Gasteiger partial charge in [-0.1, -0.05) is 38.1 Å². The smallest absolute Gasteiger partial charge is 0.0998 e. The SMILES string of the molecule is CC(C)C(C)N(C)c1ccc(C#N)c2ccccc12. The molecule has 0 aromatic heterocycles. The summed E-state index contributed by atoms with van der Waals surface area (Å²) in [4.78, 5) is 2.30. The lowest BCUT2D eigenvalue weighted by molar-refractivity contribution is 0.506. The molecule has 2 aromatic carbocycles. The maximum Gasteiger partial charge on any atom is 0.0998 e. The predicted octanol–water partition coefficient (Wildman–Crippen LogP) is 4.19. The third kappa shape index (κ3) is 2.42. The molecule has 0 saturated heterocycles. The average Bonchev–Trinajstić information content (AvgIpc) is 2.44. The van der Waals surface area contributed by atoms with Crippen LogP contribution in [-0.4, -0.2) is 13.1 Å². The first-order chi connectivity index (χ1) is 9.06. The summed E-state index contributed by atoms with van der Waals surface area (Å²) in [5, 5.41) is 11.4. The molecule has 1 unspecified atom stereocenters. The Balaban J connectivity index is 2.60. The van der Waals surface area contributed by atoms with Crippen molar-refractivity contribution in [3.05, 3.63) is 42.0 Å². The Morgan fingerprint density at radius 1 is 1.00 bits per heavy atom. The Hall–Kier alpha value is -2.01. The van der Waals surface area contributed by atoms with Crippen molar-refractivity contribution in [2.45, 2.75) is 26.8 Å². The number of nitriles is 1.